The molecule has 354 valence electrons. The zero-order valence-electron chi connectivity index (χ0n) is 38.0. The highest BCUT2D eigenvalue weighted by molar-refractivity contribution is 7.89. The number of allylic oxidation sites excluding steroid dienone is 1. The number of pyridine rings is 1. The Morgan fingerprint density at radius 1 is 1.08 bits per heavy atom. The first kappa shape index (κ1) is 47.2. The van der Waals surface area contributed by atoms with Crippen LogP contribution in [-0.2, 0) is 31.0 Å². The number of aromatic nitrogens is 2. The molecule has 6 atom stereocenters. The molecule has 0 spiro atoms. The van der Waals surface area contributed by atoms with Crippen LogP contribution in [0.4, 0.5) is 9.93 Å². The van der Waals surface area contributed by atoms with E-state index in [1.54, 1.807) is 36.8 Å². The summed E-state index contributed by atoms with van der Waals surface area (Å²) in [4.78, 5) is 68.4. The number of aliphatic carboxylic acids is 1. The summed E-state index contributed by atoms with van der Waals surface area (Å²) in [6.45, 7) is 9.96. The Morgan fingerprint density at radius 2 is 1.88 bits per heavy atom. The van der Waals surface area contributed by atoms with Crippen LogP contribution in [0.25, 0.3) is 22.3 Å². The summed E-state index contributed by atoms with van der Waals surface area (Å²) >= 11 is 2.82. The lowest BCUT2D eigenvalue weighted by molar-refractivity contribution is -0.145. The second-order valence-electron chi connectivity index (χ2n) is 18.9. The van der Waals surface area contributed by atoms with Gasteiger partial charge in [-0.25, -0.2) is 28.0 Å². The van der Waals surface area contributed by atoms with Crippen LogP contribution in [0.3, 0.4) is 0 Å². The Balaban J connectivity index is 1.08. The van der Waals surface area contributed by atoms with Crippen LogP contribution >= 0.6 is 22.7 Å². The lowest BCUT2D eigenvalue weighted by Crippen LogP contribution is -2.59. The van der Waals surface area contributed by atoms with Gasteiger partial charge in [-0.3, -0.25) is 9.59 Å². The first-order valence-electron chi connectivity index (χ1n) is 22.4. The van der Waals surface area contributed by atoms with Gasteiger partial charge < -0.3 is 40.7 Å². The Bertz CT molecular complexity index is 2640. The van der Waals surface area contributed by atoms with Crippen molar-refractivity contribution in [2.24, 2.45) is 11.3 Å². The summed E-state index contributed by atoms with van der Waals surface area (Å²) in [6, 6.07) is 5.46. The Hall–Kier alpha value is -5.31. The van der Waals surface area contributed by atoms with Gasteiger partial charge in [-0.15, -0.1) is 22.7 Å². The lowest BCUT2D eigenvalue weighted by atomic mass is 9.86. The molecular formula is C46H58N8O9S3. The number of thiazole rings is 1. The number of hydrogen-bond acceptors (Lipinski definition) is 13. The van der Waals surface area contributed by atoms with Crippen molar-refractivity contribution in [1.29, 1.82) is 0 Å². The molecule has 66 heavy (non-hydrogen) atoms. The Labute approximate surface area is 392 Å². The standard InChI is InChI=1S/C46H58N8O9S3/c1-26(2)47-44-50-34(25-65-44)33-20-36(30-15-14-28(62-6)18-32(30)48-33)63-29-19-35-40(55)52-46(42(57)58)21-27(46)12-10-8-7-9-11-13-31(41(56)54(35)22-29)49-43(59)51-39(45(3,4)5)24-53-23-37-38(16-17-64-37)66(53,60)61/h10,12,14-18,20,25-27,29,31,35,39H,7-9,11,13,19,21-24H2,1-6H3,(H,47,50)(H,52,55)(H,57,58)(H2,49,51,59)/b12-10-/t27?,29-,31+,35+,39-,46-/m1/s1. The van der Waals surface area contributed by atoms with E-state index >= 15 is 0 Å². The molecule has 5 N–H and O–H groups in total. The number of carbonyl (C=O) groups excluding carboxylic acids is 3. The smallest absolute Gasteiger partial charge is 0.330 e. The monoisotopic (exact) mass is 962 g/mol. The van der Waals surface area contributed by atoms with Crippen molar-refractivity contribution >= 4 is 72.5 Å². The molecule has 0 bridgehead atoms. The van der Waals surface area contributed by atoms with Gasteiger partial charge in [-0.05, 0) is 68.5 Å². The van der Waals surface area contributed by atoms with Gasteiger partial charge in [0.1, 0.15) is 40.9 Å². The van der Waals surface area contributed by atoms with Crippen molar-refractivity contribution < 1.29 is 42.2 Å². The second-order valence-corrected chi connectivity index (χ2v) is 22.7. The van der Waals surface area contributed by atoms with Gasteiger partial charge in [-0.1, -0.05) is 45.8 Å². The normalized spacial score (nSPS) is 25.4. The topological polar surface area (TPSA) is 221 Å². The van der Waals surface area contributed by atoms with Crippen molar-refractivity contribution in [2.75, 3.05) is 25.5 Å². The average molecular weight is 963 g/mol. The quantitative estimate of drug-likeness (QED) is 0.104. The number of ether oxygens (including phenoxy) is 2. The van der Waals surface area contributed by atoms with E-state index in [0.717, 1.165) is 22.9 Å². The third-order valence-corrected chi connectivity index (χ3v) is 16.5. The lowest BCUT2D eigenvalue weighted by Gasteiger charge is -2.35. The van der Waals surface area contributed by atoms with Gasteiger partial charge in [-0.2, -0.15) is 4.31 Å². The van der Waals surface area contributed by atoms with Crippen molar-refractivity contribution in [3.05, 3.63) is 58.1 Å². The predicted octanol–water partition coefficient (Wildman–Crippen LogP) is 6.36. The molecular weight excluding hydrogens is 905 g/mol. The number of benzene rings is 1. The van der Waals surface area contributed by atoms with E-state index in [-0.39, 0.29) is 49.8 Å². The van der Waals surface area contributed by atoms with Crippen LogP contribution in [0.15, 0.2) is 58.1 Å². The van der Waals surface area contributed by atoms with E-state index in [2.05, 4.69) is 21.3 Å². The van der Waals surface area contributed by atoms with Crippen molar-refractivity contribution in [3.8, 4) is 22.9 Å². The predicted molar refractivity (Wildman–Crippen MR) is 252 cm³/mol. The fourth-order valence-corrected chi connectivity index (χ4v) is 12.7. The highest BCUT2D eigenvalue weighted by Gasteiger charge is 2.61. The largest absolute Gasteiger partial charge is 0.497 e. The highest BCUT2D eigenvalue weighted by atomic mass is 32.2. The molecule has 0 radical (unpaired) electrons. The number of carboxylic acids is 1. The first-order chi connectivity index (χ1) is 31.4. The zero-order chi connectivity index (χ0) is 47.1. The fourth-order valence-electron chi connectivity index (χ4n) is 8.88. The molecule has 1 aliphatic carbocycles. The van der Waals surface area contributed by atoms with Crippen molar-refractivity contribution in [1.82, 2.24) is 35.1 Å². The number of thiophene rings is 1. The number of carbonyl (C=O) groups is 4. The summed E-state index contributed by atoms with van der Waals surface area (Å²) < 4.78 is 40.5. The molecule has 2 fully saturated rings. The summed E-state index contributed by atoms with van der Waals surface area (Å²) in [6.07, 6.45) is 6.36. The molecule has 1 saturated carbocycles. The number of sulfonamides is 1. The van der Waals surface area contributed by atoms with E-state index < -0.39 is 74.9 Å². The number of anilines is 1. The molecule has 1 aromatic carbocycles. The van der Waals surface area contributed by atoms with Crippen molar-refractivity contribution in [3.63, 3.8) is 0 Å². The molecule has 20 heteroatoms. The number of hydrogen-bond donors (Lipinski definition) is 5. The van der Waals surface area contributed by atoms with Crippen LogP contribution in [0.2, 0.25) is 0 Å². The molecule has 1 unspecified atom stereocenters. The number of amides is 4. The number of carboxylic acid groups (broad SMARTS) is 1. The van der Waals surface area contributed by atoms with Gasteiger partial charge >= 0.3 is 12.0 Å². The maximum atomic E-state index is 15.0. The summed E-state index contributed by atoms with van der Waals surface area (Å²) in [5, 5.41) is 27.5. The molecule has 4 aliphatic rings. The van der Waals surface area contributed by atoms with E-state index in [0.29, 0.717) is 46.6 Å². The minimum atomic E-state index is -3.74. The summed E-state index contributed by atoms with van der Waals surface area (Å²) in [7, 11) is -2.18. The number of nitrogens with zero attached hydrogens (tertiary/aromatic N) is 4. The Morgan fingerprint density at radius 3 is 2.61 bits per heavy atom. The van der Waals surface area contributed by atoms with Gasteiger partial charge in [0.25, 0.3) is 0 Å². The van der Waals surface area contributed by atoms with Crippen LogP contribution in [-0.4, -0.2) is 113 Å². The van der Waals surface area contributed by atoms with E-state index in [9.17, 15) is 32.7 Å². The Kier molecular flexibility index (Phi) is 13.4. The molecule has 4 aromatic rings. The van der Waals surface area contributed by atoms with E-state index in [1.807, 2.05) is 58.2 Å². The minimum Gasteiger partial charge on any atom is -0.497 e. The average Bonchev–Trinajstić information content (AvgIpc) is 3.73. The number of rotatable bonds is 11. The molecule has 1 saturated heterocycles. The molecule has 4 amide bonds. The molecule has 8 rings (SSSR count). The minimum absolute atomic E-state index is 0.0170. The molecule has 3 aliphatic heterocycles. The van der Waals surface area contributed by atoms with Crippen LogP contribution in [0.1, 0.15) is 84.4 Å². The zero-order valence-corrected chi connectivity index (χ0v) is 40.4. The summed E-state index contributed by atoms with van der Waals surface area (Å²) in [5.41, 5.74) is -0.355. The van der Waals surface area contributed by atoms with Gasteiger partial charge in [0, 0.05) is 65.3 Å². The number of fused-ring (bicyclic) bond motifs is 4. The maximum Gasteiger partial charge on any atom is 0.330 e. The summed E-state index contributed by atoms with van der Waals surface area (Å²) in [5.74, 6) is -1.67. The van der Waals surface area contributed by atoms with E-state index in [4.69, 9.17) is 19.4 Å². The maximum absolute atomic E-state index is 15.0. The second kappa shape index (κ2) is 18.8. The molecule has 3 aromatic heterocycles. The van der Waals surface area contributed by atoms with Crippen molar-refractivity contribution in [2.45, 2.75) is 127 Å². The fraction of sp³-hybridized carbons (Fsp3) is 0.522. The van der Waals surface area contributed by atoms with E-state index in [1.165, 1.54) is 31.9 Å². The third kappa shape index (κ3) is 9.87. The number of urea groups is 1. The molecule has 17 nitrogen and oxygen atoms in total. The van der Waals surface area contributed by atoms with Crippen LogP contribution in [0.5, 0.6) is 11.5 Å². The van der Waals surface area contributed by atoms with Gasteiger partial charge in [0.2, 0.25) is 21.8 Å². The van der Waals surface area contributed by atoms with Gasteiger partial charge in [0.15, 0.2) is 5.13 Å². The van der Waals surface area contributed by atoms with Crippen LogP contribution in [0, 0.1) is 11.3 Å². The SMILES string of the molecule is COc1ccc2c(O[C@@H]3C[C@H]4C(=O)N[C@]5(C(=O)O)CC5/C=C\CCCCC[C@H](NC(=O)N[C@H](CN5Cc6sccc6S5(=O)=O)C(C)(C)C)C(=O)N4C3)cc(-c3csc(NC(C)C)n3)nc2c1. The van der Waals surface area contributed by atoms with Gasteiger partial charge in [0.05, 0.1) is 29.8 Å². The highest BCUT2D eigenvalue weighted by Crippen LogP contribution is 2.46. The molecule has 6 heterocycles. The number of methoxy groups -OCH3 is 1. The first-order valence-corrected chi connectivity index (χ1v) is 25.6. The third-order valence-electron chi connectivity index (χ3n) is 12.8. The number of nitrogens with one attached hydrogen (secondary N) is 4. The van der Waals surface area contributed by atoms with Crippen LogP contribution < -0.4 is 30.7 Å².